The fourth-order valence-electron chi connectivity index (χ4n) is 3.01. The maximum atomic E-state index is 14.0. The summed E-state index contributed by atoms with van der Waals surface area (Å²) >= 11 is 0. The molecule has 172 valence electrons. The van der Waals surface area contributed by atoms with Gasteiger partial charge in [0, 0.05) is 19.8 Å². The standard InChI is InChI=1S/C22H22F4N2O4/c1-13(29)27-18(12-15-5-3-4-6-17(15)23)20(30)28-19(21(31)32-2)11-14-7-9-16(10-8-14)22(24,25)26/h3-10,18-19H,11-12H2,1-2H3,(H,27,29)(H,28,30)/t18-,19-/m1/s1. The first-order valence-electron chi connectivity index (χ1n) is 9.56. The minimum absolute atomic E-state index is 0.150. The lowest BCUT2D eigenvalue weighted by Gasteiger charge is -2.22. The van der Waals surface area contributed by atoms with Crippen LogP contribution in [0.15, 0.2) is 48.5 Å². The number of esters is 1. The first kappa shape index (κ1) is 24.8. The van der Waals surface area contributed by atoms with Crippen LogP contribution in [0.1, 0.15) is 23.6 Å². The molecule has 0 saturated heterocycles. The van der Waals surface area contributed by atoms with Crippen molar-refractivity contribution in [3.8, 4) is 0 Å². The minimum Gasteiger partial charge on any atom is -0.467 e. The van der Waals surface area contributed by atoms with E-state index >= 15 is 0 Å². The number of halogens is 4. The molecule has 0 aliphatic rings. The van der Waals surface area contributed by atoms with E-state index in [9.17, 15) is 31.9 Å². The van der Waals surface area contributed by atoms with Crippen molar-refractivity contribution < 1.29 is 36.7 Å². The molecule has 0 saturated carbocycles. The van der Waals surface area contributed by atoms with Crippen molar-refractivity contribution in [3.63, 3.8) is 0 Å². The number of nitrogens with one attached hydrogen (secondary N) is 2. The molecule has 2 rings (SSSR count). The van der Waals surface area contributed by atoms with Crippen molar-refractivity contribution in [2.45, 2.75) is 38.0 Å². The molecule has 0 aromatic heterocycles. The van der Waals surface area contributed by atoms with Crippen LogP contribution in [-0.2, 0) is 38.1 Å². The minimum atomic E-state index is -4.51. The number of hydrogen-bond donors (Lipinski definition) is 2. The van der Waals surface area contributed by atoms with Crippen LogP contribution in [0.5, 0.6) is 0 Å². The summed E-state index contributed by atoms with van der Waals surface area (Å²) in [5.74, 6) is -2.71. The number of hydrogen-bond acceptors (Lipinski definition) is 4. The van der Waals surface area contributed by atoms with Gasteiger partial charge in [0.15, 0.2) is 0 Å². The maximum Gasteiger partial charge on any atom is 0.416 e. The van der Waals surface area contributed by atoms with Crippen molar-refractivity contribution in [1.82, 2.24) is 10.6 Å². The zero-order valence-electron chi connectivity index (χ0n) is 17.3. The summed E-state index contributed by atoms with van der Waals surface area (Å²) in [5, 5.41) is 4.84. The van der Waals surface area contributed by atoms with Crippen molar-refractivity contribution in [2.24, 2.45) is 0 Å². The molecule has 2 aromatic rings. The van der Waals surface area contributed by atoms with Crippen molar-refractivity contribution in [2.75, 3.05) is 7.11 Å². The highest BCUT2D eigenvalue weighted by Gasteiger charge is 2.31. The van der Waals surface area contributed by atoms with Gasteiger partial charge in [0.25, 0.3) is 0 Å². The average Bonchev–Trinajstić information content (AvgIpc) is 2.73. The van der Waals surface area contributed by atoms with Crippen LogP contribution in [0.2, 0.25) is 0 Å². The zero-order chi connectivity index (χ0) is 23.9. The molecular weight excluding hydrogens is 432 g/mol. The Morgan fingerprint density at radius 1 is 0.938 bits per heavy atom. The molecule has 6 nitrogen and oxygen atoms in total. The normalized spacial score (nSPS) is 13.1. The number of amides is 2. The SMILES string of the molecule is COC(=O)[C@@H](Cc1ccc(C(F)(F)F)cc1)NC(=O)[C@@H](Cc1ccccc1F)NC(C)=O. The Morgan fingerprint density at radius 3 is 2.09 bits per heavy atom. The maximum absolute atomic E-state index is 14.0. The Labute approximate surface area is 181 Å². The molecule has 0 aliphatic carbocycles. The highest BCUT2D eigenvalue weighted by Crippen LogP contribution is 2.29. The molecular formula is C22H22F4N2O4. The predicted octanol–water partition coefficient (Wildman–Crippen LogP) is 2.79. The van der Waals surface area contributed by atoms with Gasteiger partial charge in [0.2, 0.25) is 11.8 Å². The van der Waals surface area contributed by atoms with Crippen LogP contribution in [0.25, 0.3) is 0 Å². The quantitative estimate of drug-likeness (QED) is 0.475. The molecule has 0 unspecified atom stereocenters. The number of rotatable bonds is 8. The summed E-state index contributed by atoms with van der Waals surface area (Å²) in [6.07, 6.45) is -4.83. The Morgan fingerprint density at radius 2 is 1.56 bits per heavy atom. The second kappa shape index (κ2) is 10.7. The number of carbonyl (C=O) groups is 3. The summed E-state index contributed by atoms with van der Waals surface area (Å²) in [7, 11) is 1.10. The first-order valence-corrected chi connectivity index (χ1v) is 9.56. The summed E-state index contributed by atoms with van der Waals surface area (Å²) in [6.45, 7) is 1.18. The second-order valence-electron chi connectivity index (χ2n) is 7.03. The molecule has 32 heavy (non-hydrogen) atoms. The van der Waals surface area contributed by atoms with E-state index in [2.05, 4.69) is 15.4 Å². The largest absolute Gasteiger partial charge is 0.467 e. The topological polar surface area (TPSA) is 84.5 Å². The third-order valence-electron chi connectivity index (χ3n) is 4.60. The number of alkyl halides is 3. The lowest BCUT2D eigenvalue weighted by molar-refractivity contribution is -0.145. The van der Waals surface area contributed by atoms with E-state index in [0.29, 0.717) is 5.56 Å². The summed E-state index contributed by atoms with van der Waals surface area (Å²) in [5.41, 5.74) is -0.326. The van der Waals surface area contributed by atoms with E-state index in [1.54, 1.807) is 6.07 Å². The fraction of sp³-hybridized carbons (Fsp3) is 0.318. The number of benzene rings is 2. The molecule has 2 aromatic carbocycles. The van der Waals surface area contributed by atoms with E-state index in [-0.39, 0.29) is 18.4 Å². The molecule has 0 bridgehead atoms. The average molecular weight is 454 g/mol. The van der Waals surface area contributed by atoms with E-state index in [1.165, 1.54) is 37.3 Å². The van der Waals surface area contributed by atoms with E-state index in [4.69, 9.17) is 0 Å². The van der Waals surface area contributed by atoms with Gasteiger partial charge in [-0.3, -0.25) is 9.59 Å². The monoisotopic (exact) mass is 454 g/mol. The lowest BCUT2D eigenvalue weighted by atomic mass is 10.0. The zero-order valence-corrected chi connectivity index (χ0v) is 17.3. The second-order valence-corrected chi connectivity index (χ2v) is 7.03. The van der Waals surface area contributed by atoms with Crippen LogP contribution in [0.4, 0.5) is 17.6 Å². The molecule has 10 heteroatoms. The Hall–Kier alpha value is -3.43. The molecule has 0 spiro atoms. The van der Waals surface area contributed by atoms with Crippen LogP contribution >= 0.6 is 0 Å². The van der Waals surface area contributed by atoms with E-state index in [1.807, 2.05) is 0 Å². The van der Waals surface area contributed by atoms with Gasteiger partial charge in [-0.25, -0.2) is 9.18 Å². The number of ether oxygens (including phenoxy) is 1. The van der Waals surface area contributed by atoms with Gasteiger partial charge in [0.1, 0.15) is 17.9 Å². The number of methoxy groups -OCH3 is 1. The van der Waals surface area contributed by atoms with Gasteiger partial charge in [-0.15, -0.1) is 0 Å². The molecule has 0 aliphatic heterocycles. The summed E-state index contributed by atoms with van der Waals surface area (Å²) in [6, 6.07) is 7.40. The van der Waals surface area contributed by atoms with E-state index in [0.717, 1.165) is 19.2 Å². The van der Waals surface area contributed by atoms with E-state index < -0.39 is 47.4 Å². The lowest BCUT2D eigenvalue weighted by Crippen LogP contribution is -2.53. The Bertz CT molecular complexity index is 961. The fourth-order valence-corrected chi connectivity index (χ4v) is 3.01. The van der Waals surface area contributed by atoms with Crippen LogP contribution in [-0.4, -0.2) is 37.0 Å². The van der Waals surface area contributed by atoms with Crippen molar-refractivity contribution in [3.05, 3.63) is 71.0 Å². The molecule has 2 atom stereocenters. The van der Waals surface area contributed by atoms with Gasteiger partial charge in [0.05, 0.1) is 12.7 Å². The van der Waals surface area contributed by atoms with Crippen LogP contribution in [0.3, 0.4) is 0 Å². The van der Waals surface area contributed by atoms with Gasteiger partial charge in [-0.2, -0.15) is 13.2 Å². The summed E-state index contributed by atoms with van der Waals surface area (Å²) in [4.78, 5) is 36.5. The molecule has 2 N–H and O–H groups in total. The third-order valence-corrected chi connectivity index (χ3v) is 4.60. The molecule has 2 amide bonds. The van der Waals surface area contributed by atoms with Crippen molar-refractivity contribution >= 4 is 17.8 Å². The Kier molecular flexibility index (Phi) is 8.34. The van der Waals surface area contributed by atoms with Crippen molar-refractivity contribution in [1.29, 1.82) is 0 Å². The molecule has 0 radical (unpaired) electrons. The Balaban J connectivity index is 2.19. The molecule has 0 fully saturated rings. The smallest absolute Gasteiger partial charge is 0.416 e. The highest BCUT2D eigenvalue weighted by molar-refractivity contribution is 5.90. The van der Waals surface area contributed by atoms with Gasteiger partial charge >= 0.3 is 12.1 Å². The predicted molar refractivity (Wildman–Crippen MR) is 107 cm³/mol. The van der Waals surface area contributed by atoms with Crippen LogP contribution < -0.4 is 10.6 Å². The van der Waals surface area contributed by atoms with Gasteiger partial charge < -0.3 is 15.4 Å². The van der Waals surface area contributed by atoms with Gasteiger partial charge in [-0.1, -0.05) is 30.3 Å². The molecule has 0 heterocycles. The third kappa shape index (κ3) is 7.07. The van der Waals surface area contributed by atoms with Crippen LogP contribution in [0, 0.1) is 5.82 Å². The number of carbonyl (C=O) groups excluding carboxylic acids is 3. The first-order chi connectivity index (χ1) is 15.0. The summed E-state index contributed by atoms with van der Waals surface area (Å²) < 4.78 is 56.9. The highest BCUT2D eigenvalue weighted by atomic mass is 19.4. The van der Waals surface area contributed by atoms with Gasteiger partial charge in [-0.05, 0) is 29.3 Å².